The Bertz CT molecular complexity index is 1550. The summed E-state index contributed by atoms with van der Waals surface area (Å²) in [5.41, 5.74) is 5.48. The van der Waals surface area contributed by atoms with Gasteiger partial charge in [0, 0.05) is 54.0 Å². The smallest absolute Gasteiger partial charge is 0.406 e. The van der Waals surface area contributed by atoms with Crippen molar-refractivity contribution in [1.29, 1.82) is 0 Å². The topological polar surface area (TPSA) is 84.8 Å². The van der Waals surface area contributed by atoms with Crippen LogP contribution in [0.3, 0.4) is 0 Å². The molecule has 13 heteroatoms. The summed E-state index contributed by atoms with van der Waals surface area (Å²) in [7, 11) is 0. The van der Waals surface area contributed by atoms with Gasteiger partial charge in [-0.2, -0.15) is 13.9 Å². The van der Waals surface area contributed by atoms with Gasteiger partial charge in [0.15, 0.2) is 0 Å². The molecule has 1 N–H and O–H groups in total. The van der Waals surface area contributed by atoms with Crippen molar-refractivity contribution in [2.75, 3.05) is 18.0 Å². The van der Waals surface area contributed by atoms with Crippen LogP contribution in [0.2, 0.25) is 0 Å². The highest BCUT2D eigenvalue weighted by Crippen LogP contribution is 2.38. The number of hydrogen-bond acceptors (Lipinski definition) is 6. The summed E-state index contributed by atoms with van der Waals surface area (Å²) in [5.74, 6) is 1.56. The van der Waals surface area contributed by atoms with E-state index in [9.17, 15) is 22.0 Å². The summed E-state index contributed by atoms with van der Waals surface area (Å²) in [6.45, 7) is 0.667. The molecule has 4 heterocycles. The third-order valence-corrected chi connectivity index (χ3v) is 7.24. The maximum atomic E-state index is 13.0. The van der Waals surface area contributed by atoms with Gasteiger partial charge in [-0.05, 0) is 55.7 Å². The van der Waals surface area contributed by atoms with Gasteiger partial charge in [-0.3, -0.25) is 0 Å². The van der Waals surface area contributed by atoms with Crippen molar-refractivity contribution in [3.8, 4) is 17.0 Å². The van der Waals surface area contributed by atoms with Crippen LogP contribution in [-0.2, 0) is 6.42 Å². The summed E-state index contributed by atoms with van der Waals surface area (Å²) in [6, 6.07) is 5.68. The van der Waals surface area contributed by atoms with Crippen LogP contribution in [-0.4, -0.2) is 49.2 Å². The Labute approximate surface area is 225 Å². The minimum atomic E-state index is -4.74. The number of nitrogens with one attached hydrogen (secondary N) is 1. The normalized spacial score (nSPS) is 16.0. The Kier molecular flexibility index (Phi) is 6.51. The highest BCUT2D eigenvalue weighted by atomic mass is 19.4. The molecule has 0 bridgehead atoms. The lowest BCUT2D eigenvalue weighted by Crippen LogP contribution is -2.34. The van der Waals surface area contributed by atoms with E-state index in [0.717, 1.165) is 60.1 Å². The van der Waals surface area contributed by atoms with E-state index in [2.05, 4.69) is 29.7 Å². The predicted molar refractivity (Wildman–Crippen MR) is 137 cm³/mol. The number of aryl methyl sites for hydroxylation is 1. The first-order chi connectivity index (χ1) is 19.1. The largest absolute Gasteiger partial charge is 0.573 e. The lowest BCUT2D eigenvalue weighted by Gasteiger charge is -2.32. The van der Waals surface area contributed by atoms with E-state index >= 15 is 0 Å². The molecule has 2 aliphatic rings. The van der Waals surface area contributed by atoms with Crippen LogP contribution in [0.15, 0.2) is 43.0 Å². The number of aromatic amines is 1. The SMILES string of the molecule is Cc1[nH]c(C2CCN(c3ncnc4c3C=C(c3cnn(C(F)F)c3)C4)CC2)nc1-c1ccc(OC(F)(F)F)cc1. The Morgan fingerprint density at radius 1 is 1.05 bits per heavy atom. The maximum Gasteiger partial charge on any atom is 0.573 e. The summed E-state index contributed by atoms with van der Waals surface area (Å²) < 4.78 is 68.0. The number of imidazole rings is 1. The van der Waals surface area contributed by atoms with Gasteiger partial charge in [-0.15, -0.1) is 13.2 Å². The Morgan fingerprint density at radius 2 is 1.80 bits per heavy atom. The second kappa shape index (κ2) is 10.0. The highest BCUT2D eigenvalue weighted by Gasteiger charge is 2.31. The van der Waals surface area contributed by atoms with Gasteiger partial charge in [0.1, 0.15) is 23.7 Å². The fraction of sp³-hybridized carbons (Fsp3) is 0.333. The van der Waals surface area contributed by atoms with Gasteiger partial charge in [0.2, 0.25) is 0 Å². The number of ether oxygens (including phenoxy) is 1. The van der Waals surface area contributed by atoms with Gasteiger partial charge < -0.3 is 14.6 Å². The van der Waals surface area contributed by atoms with E-state index in [1.165, 1.54) is 30.9 Å². The van der Waals surface area contributed by atoms with E-state index in [-0.39, 0.29) is 11.7 Å². The van der Waals surface area contributed by atoms with Crippen LogP contribution in [0.4, 0.5) is 27.8 Å². The molecular weight excluding hydrogens is 533 g/mol. The first-order valence-electron chi connectivity index (χ1n) is 12.7. The van der Waals surface area contributed by atoms with Crippen LogP contribution >= 0.6 is 0 Å². The quantitative estimate of drug-likeness (QED) is 0.287. The molecule has 0 atom stereocenters. The molecule has 0 unspecified atom stereocenters. The van der Waals surface area contributed by atoms with Crippen LogP contribution < -0.4 is 9.64 Å². The van der Waals surface area contributed by atoms with Gasteiger partial charge in [0.05, 0.1) is 17.6 Å². The van der Waals surface area contributed by atoms with Gasteiger partial charge in [0.25, 0.3) is 0 Å². The lowest BCUT2D eigenvalue weighted by atomic mass is 9.96. The number of halogens is 5. The number of hydrogen-bond donors (Lipinski definition) is 1. The first-order valence-corrected chi connectivity index (χ1v) is 12.7. The minimum absolute atomic E-state index is 0.178. The number of fused-ring (bicyclic) bond motifs is 1. The fourth-order valence-electron chi connectivity index (χ4n) is 5.30. The van der Waals surface area contributed by atoms with Crippen LogP contribution in [0.25, 0.3) is 22.9 Å². The number of rotatable bonds is 6. The van der Waals surface area contributed by atoms with Crippen LogP contribution in [0.5, 0.6) is 5.75 Å². The zero-order valence-electron chi connectivity index (χ0n) is 21.3. The number of anilines is 1. The van der Waals surface area contributed by atoms with Crippen molar-refractivity contribution in [2.24, 2.45) is 0 Å². The number of piperidine rings is 1. The molecular formula is C27H24F5N7O. The summed E-state index contributed by atoms with van der Waals surface area (Å²) in [6.07, 6.45) is 3.69. The molecule has 3 aromatic heterocycles. The number of H-pyrrole nitrogens is 1. The zero-order valence-corrected chi connectivity index (χ0v) is 21.3. The van der Waals surface area contributed by atoms with Gasteiger partial charge in [-0.1, -0.05) is 0 Å². The number of benzene rings is 1. The van der Waals surface area contributed by atoms with Crippen molar-refractivity contribution in [2.45, 2.75) is 45.0 Å². The van der Waals surface area contributed by atoms with Crippen molar-refractivity contribution in [3.05, 3.63) is 71.3 Å². The molecule has 40 heavy (non-hydrogen) atoms. The molecule has 1 aliphatic heterocycles. The second-order valence-corrected chi connectivity index (χ2v) is 9.82. The molecule has 1 aromatic carbocycles. The molecule has 208 valence electrons. The van der Waals surface area contributed by atoms with E-state index in [0.29, 0.717) is 27.9 Å². The molecule has 0 radical (unpaired) electrons. The van der Waals surface area contributed by atoms with Crippen molar-refractivity contribution >= 4 is 17.5 Å². The fourth-order valence-corrected chi connectivity index (χ4v) is 5.30. The van der Waals surface area contributed by atoms with E-state index in [4.69, 9.17) is 4.98 Å². The third kappa shape index (κ3) is 5.15. The van der Waals surface area contributed by atoms with Crippen molar-refractivity contribution in [3.63, 3.8) is 0 Å². The molecule has 0 amide bonds. The number of nitrogens with zero attached hydrogens (tertiary/aromatic N) is 6. The Morgan fingerprint density at radius 3 is 2.48 bits per heavy atom. The summed E-state index contributed by atoms with van der Waals surface area (Å²) in [5, 5.41) is 3.74. The molecule has 8 nitrogen and oxygen atoms in total. The lowest BCUT2D eigenvalue weighted by molar-refractivity contribution is -0.274. The first kappa shape index (κ1) is 26.0. The van der Waals surface area contributed by atoms with E-state index < -0.39 is 12.9 Å². The van der Waals surface area contributed by atoms with Gasteiger partial charge >= 0.3 is 12.9 Å². The zero-order chi connectivity index (χ0) is 28.0. The molecule has 6 rings (SSSR count). The Hall–Kier alpha value is -4.29. The number of alkyl halides is 5. The van der Waals surface area contributed by atoms with Gasteiger partial charge in [-0.25, -0.2) is 19.6 Å². The molecule has 1 fully saturated rings. The number of aromatic nitrogens is 6. The average Bonchev–Trinajstić information content (AvgIpc) is 3.66. The molecule has 1 aliphatic carbocycles. The highest BCUT2D eigenvalue weighted by molar-refractivity contribution is 5.90. The van der Waals surface area contributed by atoms with Crippen molar-refractivity contribution < 1.29 is 26.7 Å². The van der Waals surface area contributed by atoms with E-state index in [1.807, 2.05) is 13.0 Å². The number of allylic oxidation sites excluding steroid dienone is 1. The monoisotopic (exact) mass is 557 g/mol. The average molecular weight is 558 g/mol. The summed E-state index contributed by atoms with van der Waals surface area (Å²) >= 11 is 0. The minimum Gasteiger partial charge on any atom is -0.406 e. The molecule has 0 spiro atoms. The van der Waals surface area contributed by atoms with Crippen molar-refractivity contribution in [1.82, 2.24) is 29.7 Å². The molecule has 1 saturated heterocycles. The summed E-state index contributed by atoms with van der Waals surface area (Å²) in [4.78, 5) is 19.3. The second-order valence-electron chi connectivity index (χ2n) is 9.82. The third-order valence-electron chi connectivity index (χ3n) is 7.24. The molecule has 4 aromatic rings. The van der Waals surface area contributed by atoms with Crippen LogP contribution in [0.1, 0.15) is 53.6 Å². The van der Waals surface area contributed by atoms with E-state index in [1.54, 1.807) is 12.1 Å². The Balaban J connectivity index is 1.14. The standard InChI is InChI=1S/C27H24F5N7O/c1-15-23(16-2-4-20(5-3-16)40-27(30,31)32)37-24(36-15)17-6-8-38(9-7-17)25-21-10-18(11-22(21)33-14-34-25)19-12-35-39(13-19)26(28)29/h2-5,10,12-14,17,26H,6-9,11H2,1H3,(H,36,37). The molecule has 0 saturated carbocycles. The van der Waals surface area contributed by atoms with Crippen LogP contribution in [0, 0.1) is 6.92 Å². The maximum absolute atomic E-state index is 13.0. The predicted octanol–water partition coefficient (Wildman–Crippen LogP) is 6.15.